The number of fused-ring (bicyclic) bond motifs is 4. The number of phosphoric acid groups is 1. The molecule has 2 aliphatic rings. The van der Waals surface area contributed by atoms with E-state index in [1.165, 1.54) is 47.8 Å². The first kappa shape index (κ1) is 27.9. The molecule has 4 aromatic carbocycles. The average Bonchev–Trinajstić information content (AvgIpc) is 3.19. The number of hydrogen-bond donors (Lipinski definition) is 1. The molecule has 0 bridgehead atoms. The Morgan fingerprint density at radius 1 is 0.707 bits per heavy atom. The summed E-state index contributed by atoms with van der Waals surface area (Å²) in [6.07, 6.45) is 4.70. The quantitative estimate of drug-likeness (QED) is 0.221. The summed E-state index contributed by atoms with van der Waals surface area (Å²) in [6, 6.07) is 20.1. The third kappa shape index (κ3) is 5.62. The van der Waals surface area contributed by atoms with Gasteiger partial charge in [-0.3, -0.25) is 4.89 Å². The van der Waals surface area contributed by atoms with Crippen LogP contribution in [0.25, 0.3) is 23.7 Å². The van der Waals surface area contributed by atoms with E-state index >= 15 is 0 Å². The molecule has 1 N–H and O–H groups in total. The Morgan fingerprint density at radius 3 is 1.56 bits per heavy atom. The van der Waals surface area contributed by atoms with Gasteiger partial charge in [0.25, 0.3) is 0 Å². The van der Waals surface area contributed by atoms with Crippen LogP contribution in [0.4, 0.5) is 8.78 Å². The number of halogens is 2. The molecule has 0 aromatic heterocycles. The van der Waals surface area contributed by atoms with Gasteiger partial charge in [-0.2, -0.15) is 0 Å². The molecule has 4 nitrogen and oxygen atoms in total. The maximum atomic E-state index is 14.2. The standard InChI is InChI=1S/C32H25F2O4PS2/c1-3-19-7-5-9-25-27(15-21-11-13-23(33)17-29(21)40-31(19)25)37-39(35,36)38-28-16-22-12-14-24(34)18-30(22)41-32-20(4-2)8-6-10-26(28)32/h5-18H,3-4H2,1-2H3,(H,35,36). The minimum Gasteiger partial charge on any atom is -0.394 e. The Balaban J connectivity index is 1.43. The topological polar surface area (TPSA) is 55.8 Å². The molecule has 0 fully saturated rings. The first-order chi connectivity index (χ1) is 19.7. The van der Waals surface area contributed by atoms with E-state index in [1.807, 2.05) is 50.2 Å². The molecule has 0 spiro atoms. The minimum atomic E-state index is -4.77. The highest BCUT2D eigenvalue weighted by Gasteiger charge is 2.33. The highest BCUT2D eigenvalue weighted by atomic mass is 32.2. The van der Waals surface area contributed by atoms with Crippen LogP contribution in [0.5, 0.6) is 0 Å². The maximum Gasteiger partial charge on any atom is 0.584 e. The fourth-order valence-corrected chi connectivity index (χ4v) is 8.22. The predicted molar refractivity (Wildman–Crippen MR) is 160 cm³/mol. The van der Waals surface area contributed by atoms with E-state index in [4.69, 9.17) is 9.05 Å². The van der Waals surface area contributed by atoms with Crippen molar-refractivity contribution in [2.45, 2.75) is 46.3 Å². The van der Waals surface area contributed by atoms with Gasteiger partial charge in [0.15, 0.2) is 0 Å². The second-order valence-corrected chi connectivity index (χ2v) is 12.9. The molecular formula is C32H25F2O4PS2. The van der Waals surface area contributed by atoms with E-state index in [9.17, 15) is 18.2 Å². The fraction of sp³-hybridized carbons (Fsp3) is 0.125. The second kappa shape index (κ2) is 11.2. The van der Waals surface area contributed by atoms with E-state index < -0.39 is 7.82 Å². The Morgan fingerprint density at radius 2 is 1.15 bits per heavy atom. The molecule has 2 heterocycles. The van der Waals surface area contributed by atoms with Gasteiger partial charge in [-0.25, -0.2) is 13.3 Å². The van der Waals surface area contributed by atoms with Crippen molar-refractivity contribution < 1.29 is 27.3 Å². The van der Waals surface area contributed by atoms with Gasteiger partial charge in [0.05, 0.1) is 0 Å². The minimum absolute atomic E-state index is 0.146. The van der Waals surface area contributed by atoms with Crippen LogP contribution in [-0.2, 0) is 26.5 Å². The first-order valence-electron chi connectivity index (χ1n) is 13.1. The van der Waals surface area contributed by atoms with Crippen molar-refractivity contribution >= 4 is 55.0 Å². The Bertz CT molecular complexity index is 1670. The van der Waals surface area contributed by atoms with Crippen LogP contribution in [0.15, 0.2) is 92.4 Å². The molecule has 6 rings (SSSR count). The van der Waals surface area contributed by atoms with Crippen molar-refractivity contribution in [2.24, 2.45) is 0 Å². The van der Waals surface area contributed by atoms with E-state index in [2.05, 4.69) is 0 Å². The molecule has 2 aliphatic heterocycles. The summed E-state index contributed by atoms with van der Waals surface area (Å²) in [5, 5.41) is 0. The number of rotatable bonds is 6. The summed E-state index contributed by atoms with van der Waals surface area (Å²) in [5.41, 5.74) is 4.54. The molecule has 0 saturated carbocycles. The largest absolute Gasteiger partial charge is 0.584 e. The van der Waals surface area contributed by atoms with Crippen molar-refractivity contribution in [1.29, 1.82) is 0 Å². The second-order valence-electron chi connectivity index (χ2n) is 9.53. The van der Waals surface area contributed by atoms with Crippen molar-refractivity contribution in [3.05, 3.63) is 118 Å². The predicted octanol–water partition coefficient (Wildman–Crippen LogP) is 9.85. The zero-order valence-electron chi connectivity index (χ0n) is 22.2. The van der Waals surface area contributed by atoms with Crippen molar-refractivity contribution in [1.82, 2.24) is 0 Å². The van der Waals surface area contributed by atoms with Gasteiger partial charge in [-0.05, 0) is 71.5 Å². The van der Waals surface area contributed by atoms with E-state index in [-0.39, 0.29) is 23.2 Å². The molecule has 208 valence electrons. The normalized spacial score (nSPS) is 13.9. The molecule has 0 aliphatic carbocycles. The lowest BCUT2D eigenvalue weighted by Gasteiger charge is -2.20. The van der Waals surface area contributed by atoms with Crippen molar-refractivity contribution in [2.75, 3.05) is 0 Å². The lowest BCUT2D eigenvalue weighted by Crippen LogP contribution is -1.99. The average molecular weight is 607 g/mol. The Labute approximate surface area is 245 Å². The molecule has 0 unspecified atom stereocenters. The summed E-state index contributed by atoms with van der Waals surface area (Å²) in [7, 11) is -4.77. The van der Waals surface area contributed by atoms with Crippen molar-refractivity contribution in [3.8, 4) is 0 Å². The van der Waals surface area contributed by atoms with Crippen LogP contribution in [0.2, 0.25) is 0 Å². The fourth-order valence-electron chi connectivity index (χ4n) is 4.86. The van der Waals surface area contributed by atoms with Gasteiger partial charge in [-0.15, -0.1) is 0 Å². The Kier molecular flexibility index (Phi) is 7.60. The zero-order chi connectivity index (χ0) is 28.7. The van der Waals surface area contributed by atoms with E-state index in [0.717, 1.165) is 20.9 Å². The zero-order valence-corrected chi connectivity index (χ0v) is 24.7. The third-order valence-corrected chi connectivity index (χ3v) is 10.2. The summed E-state index contributed by atoms with van der Waals surface area (Å²) in [4.78, 5) is 14.2. The molecule has 9 heteroatoms. The van der Waals surface area contributed by atoms with Gasteiger partial charge in [0.1, 0.15) is 23.2 Å². The van der Waals surface area contributed by atoms with Crippen LogP contribution in [0.1, 0.15) is 47.2 Å². The monoisotopic (exact) mass is 606 g/mol. The number of aryl methyl sites for hydroxylation is 2. The molecule has 0 amide bonds. The van der Waals surface area contributed by atoms with Crippen LogP contribution in [0.3, 0.4) is 0 Å². The lowest BCUT2D eigenvalue weighted by molar-refractivity contribution is 0.264. The van der Waals surface area contributed by atoms with Gasteiger partial charge in [0, 0.05) is 30.7 Å². The van der Waals surface area contributed by atoms with Crippen LogP contribution >= 0.6 is 31.3 Å². The van der Waals surface area contributed by atoms with Gasteiger partial charge in [-0.1, -0.05) is 85.9 Å². The number of hydrogen-bond acceptors (Lipinski definition) is 5. The highest BCUT2D eigenvalue weighted by Crippen LogP contribution is 2.56. The van der Waals surface area contributed by atoms with Crippen molar-refractivity contribution in [3.63, 3.8) is 0 Å². The lowest BCUT2D eigenvalue weighted by atomic mass is 10.1. The SMILES string of the molecule is CCc1cccc2c1Sc1cc(F)ccc1C=C2OP(=O)(O)OC1=Cc2ccc(F)cc2Sc2c(CC)cccc21. The van der Waals surface area contributed by atoms with Gasteiger partial charge in [0.2, 0.25) is 0 Å². The maximum absolute atomic E-state index is 14.2. The van der Waals surface area contributed by atoms with E-state index in [0.29, 0.717) is 44.9 Å². The summed E-state index contributed by atoms with van der Waals surface area (Å²) < 4.78 is 53.7. The summed E-state index contributed by atoms with van der Waals surface area (Å²) >= 11 is 2.79. The molecule has 0 radical (unpaired) electrons. The summed E-state index contributed by atoms with van der Waals surface area (Å²) in [5.74, 6) is -0.450. The van der Waals surface area contributed by atoms with Gasteiger partial charge >= 0.3 is 7.82 Å². The molecule has 4 aromatic rings. The van der Waals surface area contributed by atoms with Crippen LogP contribution in [0, 0.1) is 11.6 Å². The molecule has 0 atom stereocenters. The van der Waals surface area contributed by atoms with Crippen LogP contribution in [-0.4, -0.2) is 4.89 Å². The van der Waals surface area contributed by atoms with Crippen LogP contribution < -0.4 is 0 Å². The third-order valence-electron chi connectivity index (χ3n) is 6.86. The van der Waals surface area contributed by atoms with E-state index in [1.54, 1.807) is 24.3 Å². The number of benzene rings is 4. The molecular weight excluding hydrogens is 581 g/mol. The highest BCUT2D eigenvalue weighted by molar-refractivity contribution is 7.99. The molecule has 0 saturated heterocycles. The smallest absolute Gasteiger partial charge is 0.394 e. The molecule has 41 heavy (non-hydrogen) atoms. The summed E-state index contributed by atoms with van der Waals surface area (Å²) in [6.45, 7) is 4.03. The Hall–Kier alpha value is -3.29. The first-order valence-corrected chi connectivity index (χ1v) is 16.2. The van der Waals surface area contributed by atoms with Gasteiger partial charge < -0.3 is 9.05 Å². The number of phosphoric ester groups is 1.